The second kappa shape index (κ2) is 6.71. The van der Waals surface area contributed by atoms with Crippen molar-refractivity contribution in [2.45, 2.75) is 65.2 Å². The third kappa shape index (κ3) is 6.00. The van der Waals surface area contributed by atoms with Crippen molar-refractivity contribution in [3.05, 3.63) is 0 Å². The highest BCUT2D eigenvalue weighted by molar-refractivity contribution is 14.1. The maximum atomic E-state index is 12.3. The Morgan fingerprint density at radius 1 is 1.10 bits per heavy atom. The summed E-state index contributed by atoms with van der Waals surface area (Å²) in [7, 11) is 0. The fourth-order valence-corrected chi connectivity index (χ4v) is 2.79. The molecule has 0 bridgehead atoms. The Morgan fingerprint density at radius 2 is 1.62 bits per heavy atom. The molecule has 0 saturated carbocycles. The number of amides is 1. The lowest BCUT2D eigenvalue weighted by atomic mass is 10.1. The topological polar surface area (TPSA) is 55.8 Å². The molecule has 1 saturated heterocycles. The van der Waals surface area contributed by atoms with Gasteiger partial charge in [-0.05, 0) is 53.9 Å². The van der Waals surface area contributed by atoms with Crippen molar-refractivity contribution in [1.82, 2.24) is 4.90 Å². The molecule has 21 heavy (non-hydrogen) atoms. The van der Waals surface area contributed by atoms with Crippen LogP contribution in [-0.4, -0.2) is 45.2 Å². The quantitative estimate of drug-likeness (QED) is 0.397. The minimum atomic E-state index is -0.571. The molecule has 0 radical (unpaired) electrons. The molecule has 0 aromatic carbocycles. The molecule has 0 aliphatic carbocycles. The predicted octanol–water partition coefficient (Wildman–Crippen LogP) is 3.39. The number of carbonyl (C=O) groups excluding carboxylic acids is 2. The number of alkyl halides is 1. The number of nitrogens with zero attached hydrogens (tertiary/aromatic N) is 1. The molecule has 0 aromatic rings. The van der Waals surface area contributed by atoms with E-state index >= 15 is 0 Å². The maximum absolute atomic E-state index is 12.3. The number of likely N-dealkylation sites (tertiary alicyclic amines) is 1. The number of hydrogen-bond donors (Lipinski definition) is 0. The largest absolute Gasteiger partial charge is 0.458 e. The van der Waals surface area contributed by atoms with Crippen molar-refractivity contribution in [3.8, 4) is 0 Å². The summed E-state index contributed by atoms with van der Waals surface area (Å²) in [6.07, 6.45) is 0.197. The van der Waals surface area contributed by atoms with Crippen molar-refractivity contribution in [2.75, 3.05) is 11.0 Å². The normalized spacial score (nSPS) is 23.1. The SMILES string of the molecule is CC(C)(C)OC(=O)[C@@H]1C[C@H](CI)CN1C(=O)OC(C)(C)C. The lowest BCUT2D eigenvalue weighted by molar-refractivity contribution is -0.160. The molecular formula is C15H26INO4. The van der Waals surface area contributed by atoms with Crippen molar-refractivity contribution in [3.63, 3.8) is 0 Å². The molecule has 6 heteroatoms. The van der Waals surface area contributed by atoms with Gasteiger partial charge in [0.05, 0.1) is 0 Å². The van der Waals surface area contributed by atoms with Crippen LogP contribution in [0.4, 0.5) is 4.79 Å². The summed E-state index contributed by atoms with van der Waals surface area (Å²) in [4.78, 5) is 26.1. The zero-order valence-electron chi connectivity index (χ0n) is 13.7. The van der Waals surface area contributed by atoms with Crippen LogP contribution in [-0.2, 0) is 14.3 Å². The lowest BCUT2D eigenvalue weighted by Gasteiger charge is -2.29. The van der Waals surface area contributed by atoms with E-state index in [1.54, 1.807) is 0 Å². The Kier molecular flexibility index (Phi) is 5.91. The first-order valence-corrected chi connectivity index (χ1v) is 8.74. The highest BCUT2D eigenvalue weighted by Gasteiger charge is 2.42. The number of halogens is 1. The molecule has 1 aliphatic heterocycles. The second-order valence-corrected chi connectivity index (χ2v) is 8.32. The molecular weight excluding hydrogens is 385 g/mol. The third-order valence-electron chi connectivity index (χ3n) is 2.91. The van der Waals surface area contributed by atoms with Gasteiger partial charge in [-0.3, -0.25) is 4.90 Å². The first-order chi connectivity index (χ1) is 9.43. The van der Waals surface area contributed by atoms with E-state index in [1.165, 1.54) is 4.90 Å². The van der Waals surface area contributed by atoms with Gasteiger partial charge in [0, 0.05) is 11.0 Å². The standard InChI is InChI=1S/C15H26INO4/c1-14(2,3)20-12(18)11-7-10(8-16)9-17(11)13(19)21-15(4,5)6/h10-11H,7-9H2,1-6H3/t10-,11+/m1/s1. The number of hydrogen-bond acceptors (Lipinski definition) is 4. The van der Waals surface area contributed by atoms with E-state index in [2.05, 4.69) is 22.6 Å². The van der Waals surface area contributed by atoms with Gasteiger partial charge in [-0.2, -0.15) is 0 Å². The van der Waals surface area contributed by atoms with Crippen molar-refractivity contribution >= 4 is 34.7 Å². The van der Waals surface area contributed by atoms with Crippen molar-refractivity contribution < 1.29 is 19.1 Å². The van der Waals surface area contributed by atoms with Crippen LogP contribution in [0.2, 0.25) is 0 Å². The van der Waals surface area contributed by atoms with E-state index in [-0.39, 0.29) is 5.97 Å². The first-order valence-electron chi connectivity index (χ1n) is 7.21. The Hall–Kier alpha value is -0.530. The summed E-state index contributed by atoms with van der Waals surface area (Å²) in [6, 6.07) is -0.543. The van der Waals surface area contributed by atoms with Crippen LogP contribution in [0, 0.1) is 5.92 Å². The molecule has 1 fully saturated rings. The van der Waals surface area contributed by atoms with Gasteiger partial charge >= 0.3 is 12.1 Å². The van der Waals surface area contributed by atoms with Crippen molar-refractivity contribution in [1.29, 1.82) is 0 Å². The van der Waals surface area contributed by atoms with Gasteiger partial charge in [0.2, 0.25) is 0 Å². The van der Waals surface area contributed by atoms with Crippen LogP contribution in [0.3, 0.4) is 0 Å². The van der Waals surface area contributed by atoms with Crippen molar-refractivity contribution in [2.24, 2.45) is 5.92 Å². The Balaban J connectivity index is 2.83. The summed E-state index contributed by atoms with van der Waals surface area (Å²) < 4.78 is 11.7. The van der Waals surface area contributed by atoms with Gasteiger partial charge in [-0.1, -0.05) is 22.6 Å². The molecule has 1 rings (SSSR count). The minimum absolute atomic E-state index is 0.302. The van der Waals surface area contributed by atoms with E-state index in [1.807, 2.05) is 41.5 Å². The number of carbonyl (C=O) groups is 2. The Labute approximate surface area is 140 Å². The van der Waals surface area contributed by atoms with Gasteiger partial charge in [0.25, 0.3) is 0 Å². The van der Waals surface area contributed by atoms with Crippen LogP contribution >= 0.6 is 22.6 Å². The van der Waals surface area contributed by atoms with E-state index in [4.69, 9.17) is 9.47 Å². The van der Waals surface area contributed by atoms with E-state index < -0.39 is 23.3 Å². The van der Waals surface area contributed by atoms with Crippen LogP contribution in [0.5, 0.6) is 0 Å². The zero-order chi connectivity index (χ0) is 16.4. The third-order valence-corrected chi connectivity index (χ3v) is 4.16. The molecule has 0 spiro atoms. The Bertz CT molecular complexity index is 361. The van der Waals surface area contributed by atoms with Crippen LogP contribution in [0.1, 0.15) is 48.0 Å². The minimum Gasteiger partial charge on any atom is -0.458 e. The van der Waals surface area contributed by atoms with Gasteiger partial charge in [0.1, 0.15) is 17.2 Å². The number of rotatable bonds is 2. The lowest BCUT2D eigenvalue weighted by Crippen LogP contribution is -2.45. The number of esters is 1. The number of ether oxygens (including phenoxy) is 2. The molecule has 5 nitrogen and oxygen atoms in total. The average molecular weight is 411 g/mol. The van der Waals surface area contributed by atoms with Gasteiger partial charge < -0.3 is 9.47 Å². The fraction of sp³-hybridized carbons (Fsp3) is 0.867. The van der Waals surface area contributed by atoms with Crippen LogP contribution < -0.4 is 0 Å². The highest BCUT2D eigenvalue weighted by Crippen LogP contribution is 2.28. The molecule has 1 amide bonds. The van der Waals surface area contributed by atoms with E-state index in [0.717, 1.165) is 4.43 Å². The molecule has 1 aliphatic rings. The first kappa shape index (κ1) is 18.5. The Morgan fingerprint density at radius 3 is 2.05 bits per heavy atom. The molecule has 1 heterocycles. The van der Waals surface area contributed by atoms with Crippen LogP contribution in [0.15, 0.2) is 0 Å². The van der Waals surface area contributed by atoms with Gasteiger partial charge in [-0.25, -0.2) is 9.59 Å². The van der Waals surface area contributed by atoms with E-state index in [9.17, 15) is 9.59 Å². The summed E-state index contributed by atoms with van der Waals surface area (Å²) in [6.45, 7) is 11.5. The summed E-state index contributed by atoms with van der Waals surface area (Å²) in [5.41, 5.74) is -1.13. The van der Waals surface area contributed by atoms with Crippen LogP contribution in [0.25, 0.3) is 0 Å². The zero-order valence-corrected chi connectivity index (χ0v) is 15.9. The molecule has 122 valence electrons. The highest BCUT2D eigenvalue weighted by atomic mass is 127. The monoisotopic (exact) mass is 411 g/mol. The fourth-order valence-electron chi connectivity index (χ4n) is 2.15. The molecule has 0 aromatic heterocycles. The summed E-state index contributed by atoms with van der Waals surface area (Å²) in [5, 5.41) is 0. The molecule has 0 N–H and O–H groups in total. The maximum Gasteiger partial charge on any atom is 0.411 e. The molecule has 0 unspecified atom stereocenters. The second-order valence-electron chi connectivity index (χ2n) is 7.44. The van der Waals surface area contributed by atoms with E-state index in [0.29, 0.717) is 18.9 Å². The summed E-state index contributed by atoms with van der Waals surface area (Å²) >= 11 is 2.28. The summed E-state index contributed by atoms with van der Waals surface area (Å²) in [5.74, 6) is -0.0451. The van der Waals surface area contributed by atoms with Gasteiger partial charge in [0.15, 0.2) is 0 Å². The smallest absolute Gasteiger partial charge is 0.411 e. The van der Waals surface area contributed by atoms with Gasteiger partial charge in [-0.15, -0.1) is 0 Å². The average Bonchev–Trinajstić information content (AvgIpc) is 2.68. The predicted molar refractivity (Wildman–Crippen MR) is 89.6 cm³/mol. The molecule has 2 atom stereocenters.